The number of nitro groups is 1. The van der Waals surface area contributed by atoms with Crippen molar-refractivity contribution in [3.63, 3.8) is 0 Å². The molecule has 0 aliphatic heterocycles. The summed E-state index contributed by atoms with van der Waals surface area (Å²) in [6, 6.07) is 3.05. The summed E-state index contributed by atoms with van der Waals surface area (Å²) >= 11 is 0. The summed E-state index contributed by atoms with van der Waals surface area (Å²) < 4.78 is 0. The molecular formula is C9H8N2O4. The molecule has 0 atom stereocenters. The first-order chi connectivity index (χ1) is 7.11. The molecule has 1 heterocycles. The summed E-state index contributed by atoms with van der Waals surface area (Å²) in [5.74, 6) is -1.27. The molecule has 6 nitrogen and oxygen atoms in total. The van der Waals surface area contributed by atoms with Gasteiger partial charge in [-0.1, -0.05) is 6.08 Å². The summed E-state index contributed by atoms with van der Waals surface area (Å²) in [6.45, 7) is 0. The molecule has 0 spiro atoms. The zero-order valence-electron chi connectivity index (χ0n) is 7.66. The molecule has 0 aromatic carbocycles. The van der Waals surface area contributed by atoms with E-state index in [1.807, 2.05) is 0 Å². The number of aliphatic carboxylic acids is 1. The lowest BCUT2D eigenvalue weighted by atomic mass is 10.2. The van der Waals surface area contributed by atoms with Crippen molar-refractivity contribution in [3.8, 4) is 0 Å². The van der Waals surface area contributed by atoms with E-state index in [1.54, 1.807) is 6.07 Å². The molecule has 1 N–H and O–H groups in total. The van der Waals surface area contributed by atoms with Crippen molar-refractivity contribution in [1.29, 1.82) is 0 Å². The van der Waals surface area contributed by atoms with E-state index in [1.165, 1.54) is 24.4 Å². The van der Waals surface area contributed by atoms with Crippen LogP contribution in [0.5, 0.6) is 0 Å². The second-order valence-electron chi connectivity index (χ2n) is 2.67. The number of hydrogen-bond donors (Lipinski definition) is 1. The smallest absolute Gasteiger partial charge is 0.370 e. The van der Waals surface area contributed by atoms with E-state index >= 15 is 0 Å². The number of carbonyl (C=O) groups is 1. The van der Waals surface area contributed by atoms with Gasteiger partial charge >= 0.3 is 11.8 Å². The molecule has 0 fully saturated rings. The Labute approximate surface area is 85.0 Å². The van der Waals surface area contributed by atoms with E-state index in [9.17, 15) is 14.9 Å². The zero-order valence-corrected chi connectivity index (χ0v) is 7.66. The molecule has 0 saturated carbocycles. The van der Waals surface area contributed by atoms with Crippen LogP contribution in [0.1, 0.15) is 12.0 Å². The van der Waals surface area contributed by atoms with Gasteiger partial charge < -0.3 is 15.2 Å². The Hall–Kier alpha value is -2.24. The molecule has 0 radical (unpaired) electrons. The number of pyridine rings is 1. The molecular weight excluding hydrogens is 200 g/mol. The fourth-order valence-corrected chi connectivity index (χ4v) is 0.979. The van der Waals surface area contributed by atoms with Crippen LogP contribution in [0.15, 0.2) is 24.4 Å². The van der Waals surface area contributed by atoms with Gasteiger partial charge in [-0.15, -0.1) is 0 Å². The average Bonchev–Trinajstić information content (AvgIpc) is 2.17. The van der Waals surface area contributed by atoms with Gasteiger partial charge in [0, 0.05) is 0 Å². The van der Waals surface area contributed by atoms with Crippen molar-refractivity contribution < 1.29 is 14.8 Å². The van der Waals surface area contributed by atoms with Gasteiger partial charge in [0.05, 0.1) is 12.0 Å². The first-order valence-electron chi connectivity index (χ1n) is 4.09. The number of rotatable bonds is 4. The van der Waals surface area contributed by atoms with Crippen LogP contribution in [0.3, 0.4) is 0 Å². The monoisotopic (exact) mass is 208 g/mol. The van der Waals surface area contributed by atoms with E-state index in [-0.39, 0.29) is 12.2 Å². The highest BCUT2D eigenvalue weighted by molar-refractivity contribution is 5.71. The van der Waals surface area contributed by atoms with Gasteiger partial charge in [0.25, 0.3) is 0 Å². The standard InChI is InChI=1S/C9H8N2O4/c12-8(13)5-1-3-7-4-2-6-10-9(7)11(14)15/h1-4,6H,5H2,(H,12,13). The lowest BCUT2D eigenvalue weighted by Gasteiger charge is -1.95. The molecule has 0 bridgehead atoms. The molecule has 0 aliphatic carbocycles. The van der Waals surface area contributed by atoms with Gasteiger partial charge in [0.1, 0.15) is 6.20 Å². The van der Waals surface area contributed by atoms with Crippen LogP contribution in [0, 0.1) is 10.1 Å². The molecule has 0 amide bonds. The maximum Gasteiger partial charge on any atom is 0.370 e. The van der Waals surface area contributed by atoms with Crippen molar-refractivity contribution in [2.24, 2.45) is 0 Å². The fourth-order valence-electron chi connectivity index (χ4n) is 0.979. The second-order valence-corrected chi connectivity index (χ2v) is 2.67. The van der Waals surface area contributed by atoms with E-state index in [0.29, 0.717) is 5.56 Å². The van der Waals surface area contributed by atoms with Gasteiger partial charge in [-0.05, 0) is 28.1 Å². The lowest BCUT2D eigenvalue weighted by Crippen LogP contribution is -1.94. The number of nitrogens with zero attached hydrogens (tertiary/aromatic N) is 2. The first-order valence-corrected chi connectivity index (χ1v) is 4.09. The maximum absolute atomic E-state index is 10.5. The molecule has 0 unspecified atom stereocenters. The normalized spacial score (nSPS) is 10.4. The second kappa shape index (κ2) is 4.85. The summed E-state index contributed by atoms with van der Waals surface area (Å²) in [7, 11) is 0. The van der Waals surface area contributed by atoms with E-state index in [0.717, 1.165) is 0 Å². The molecule has 15 heavy (non-hydrogen) atoms. The fraction of sp³-hybridized carbons (Fsp3) is 0.111. The van der Waals surface area contributed by atoms with Crippen molar-refractivity contribution >= 4 is 17.9 Å². The topological polar surface area (TPSA) is 93.3 Å². The molecule has 78 valence electrons. The maximum atomic E-state index is 10.5. The largest absolute Gasteiger partial charge is 0.481 e. The van der Waals surface area contributed by atoms with Crippen LogP contribution < -0.4 is 0 Å². The third-order valence-corrected chi connectivity index (χ3v) is 1.58. The highest BCUT2D eigenvalue weighted by Crippen LogP contribution is 2.15. The minimum absolute atomic E-state index is 0.175. The van der Waals surface area contributed by atoms with Crippen molar-refractivity contribution in [2.75, 3.05) is 0 Å². The van der Waals surface area contributed by atoms with Crippen LogP contribution >= 0.6 is 0 Å². The Morgan fingerprint density at radius 3 is 3.00 bits per heavy atom. The number of hydrogen-bond acceptors (Lipinski definition) is 4. The Balaban J connectivity index is 2.89. The number of carboxylic acids is 1. The van der Waals surface area contributed by atoms with Crippen LogP contribution in [-0.2, 0) is 4.79 Å². The van der Waals surface area contributed by atoms with E-state index in [2.05, 4.69) is 4.98 Å². The molecule has 1 rings (SSSR count). The quantitative estimate of drug-likeness (QED) is 0.597. The minimum atomic E-state index is -0.988. The Bertz CT molecular complexity index is 414. The summed E-state index contributed by atoms with van der Waals surface area (Å²) in [5, 5.41) is 18.9. The highest BCUT2D eigenvalue weighted by atomic mass is 16.6. The number of aromatic nitrogens is 1. The predicted octanol–water partition coefficient (Wildman–Crippen LogP) is 1.48. The summed E-state index contributed by atoms with van der Waals surface area (Å²) in [5.41, 5.74) is 0.295. The van der Waals surface area contributed by atoms with Crippen molar-refractivity contribution in [2.45, 2.75) is 6.42 Å². The zero-order chi connectivity index (χ0) is 11.3. The first kappa shape index (κ1) is 10.8. The predicted molar refractivity (Wildman–Crippen MR) is 52.2 cm³/mol. The SMILES string of the molecule is O=C(O)CC=Cc1cccnc1[N+](=O)[O-]. The lowest BCUT2D eigenvalue weighted by molar-refractivity contribution is -0.389. The Kier molecular flexibility index (Phi) is 3.50. The van der Waals surface area contributed by atoms with Crippen molar-refractivity contribution in [3.05, 3.63) is 40.1 Å². The highest BCUT2D eigenvalue weighted by Gasteiger charge is 2.10. The van der Waals surface area contributed by atoms with Crippen LogP contribution in [0.25, 0.3) is 6.08 Å². The van der Waals surface area contributed by atoms with Crippen molar-refractivity contribution in [1.82, 2.24) is 4.98 Å². The summed E-state index contributed by atoms with van der Waals surface area (Å²) in [6.07, 6.45) is 3.85. The minimum Gasteiger partial charge on any atom is -0.481 e. The molecule has 0 aliphatic rings. The van der Waals surface area contributed by atoms with Crippen LogP contribution in [-0.4, -0.2) is 21.0 Å². The van der Waals surface area contributed by atoms with Gasteiger partial charge in [-0.3, -0.25) is 4.79 Å². The van der Waals surface area contributed by atoms with Gasteiger partial charge in [-0.2, -0.15) is 0 Å². The molecule has 6 heteroatoms. The van der Waals surface area contributed by atoms with E-state index in [4.69, 9.17) is 5.11 Å². The third kappa shape index (κ3) is 3.18. The van der Waals surface area contributed by atoms with Gasteiger partial charge in [0.15, 0.2) is 0 Å². The van der Waals surface area contributed by atoms with Gasteiger partial charge in [0.2, 0.25) is 0 Å². The van der Waals surface area contributed by atoms with E-state index < -0.39 is 10.9 Å². The molecule has 0 saturated heterocycles. The van der Waals surface area contributed by atoms with Crippen LogP contribution in [0.4, 0.5) is 5.82 Å². The Morgan fingerprint density at radius 1 is 1.67 bits per heavy atom. The molecule has 1 aromatic heterocycles. The Morgan fingerprint density at radius 2 is 2.40 bits per heavy atom. The van der Waals surface area contributed by atoms with Gasteiger partial charge in [-0.25, -0.2) is 0 Å². The molecule has 1 aromatic rings. The third-order valence-electron chi connectivity index (χ3n) is 1.58. The average molecular weight is 208 g/mol. The number of carboxylic acid groups (broad SMARTS) is 1. The summed E-state index contributed by atoms with van der Waals surface area (Å²) in [4.78, 5) is 23.7. The van der Waals surface area contributed by atoms with Crippen LogP contribution in [0.2, 0.25) is 0 Å².